The van der Waals surface area contributed by atoms with Crippen LogP contribution in [0.15, 0.2) is 21.5 Å². The largest absolute Gasteiger partial charge is 0.459 e. The van der Waals surface area contributed by atoms with E-state index in [9.17, 15) is 13.2 Å². The van der Waals surface area contributed by atoms with E-state index in [-0.39, 0.29) is 16.6 Å². The molecule has 0 unspecified atom stereocenters. The fraction of sp³-hybridized carbons (Fsp3) is 0.462. The second-order valence-electron chi connectivity index (χ2n) is 4.84. The van der Waals surface area contributed by atoms with Crippen molar-refractivity contribution in [3.8, 4) is 0 Å². The SMILES string of the molecule is Cc1c(Br)cc(C(=O)OC2CCOCC2)cc1S(N)(=O)=O. The Labute approximate surface area is 131 Å². The Balaban J connectivity index is 2.27. The van der Waals surface area contributed by atoms with Gasteiger partial charge in [-0.2, -0.15) is 0 Å². The van der Waals surface area contributed by atoms with E-state index in [1.165, 1.54) is 12.1 Å². The summed E-state index contributed by atoms with van der Waals surface area (Å²) in [6.45, 7) is 2.72. The van der Waals surface area contributed by atoms with Crippen molar-refractivity contribution in [2.75, 3.05) is 13.2 Å². The minimum absolute atomic E-state index is 0.0872. The van der Waals surface area contributed by atoms with Crippen molar-refractivity contribution in [3.05, 3.63) is 27.7 Å². The van der Waals surface area contributed by atoms with E-state index in [0.29, 0.717) is 36.1 Å². The first kappa shape index (κ1) is 16.4. The molecule has 2 N–H and O–H groups in total. The number of esters is 1. The van der Waals surface area contributed by atoms with Crippen molar-refractivity contribution < 1.29 is 22.7 Å². The van der Waals surface area contributed by atoms with Gasteiger partial charge in [-0.1, -0.05) is 15.9 Å². The molecule has 1 aliphatic heterocycles. The molecular weight excluding hydrogens is 362 g/mol. The van der Waals surface area contributed by atoms with Crippen LogP contribution >= 0.6 is 15.9 Å². The minimum atomic E-state index is -3.90. The Kier molecular flexibility index (Phi) is 5.03. The molecule has 1 heterocycles. The third-order valence-electron chi connectivity index (χ3n) is 3.28. The molecule has 0 radical (unpaired) electrons. The highest BCUT2D eigenvalue weighted by atomic mass is 79.9. The van der Waals surface area contributed by atoms with Gasteiger partial charge in [0, 0.05) is 17.3 Å². The van der Waals surface area contributed by atoms with E-state index >= 15 is 0 Å². The summed E-state index contributed by atoms with van der Waals surface area (Å²) in [6, 6.07) is 2.78. The molecule has 0 aromatic heterocycles. The summed E-state index contributed by atoms with van der Waals surface area (Å²) >= 11 is 3.24. The van der Waals surface area contributed by atoms with Gasteiger partial charge in [-0.3, -0.25) is 0 Å². The lowest BCUT2D eigenvalue weighted by molar-refractivity contribution is -0.0159. The lowest BCUT2D eigenvalue weighted by Crippen LogP contribution is -2.26. The zero-order valence-electron chi connectivity index (χ0n) is 11.5. The molecule has 0 saturated carbocycles. The molecule has 21 heavy (non-hydrogen) atoms. The molecule has 1 saturated heterocycles. The molecule has 2 rings (SSSR count). The molecule has 8 heteroatoms. The topological polar surface area (TPSA) is 95.7 Å². The molecule has 1 fully saturated rings. The number of hydrogen-bond donors (Lipinski definition) is 1. The maximum Gasteiger partial charge on any atom is 0.338 e. The Hall–Kier alpha value is -0.960. The van der Waals surface area contributed by atoms with Crippen LogP contribution in [0.4, 0.5) is 0 Å². The van der Waals surface area contributed by atoms with Crippen molar-refractivity contribution in [1.82, 2.24) is 0 Å². The molecule has 0 spiro atoms. The van der Waals surface area contributed by atoms with Gasteiger partial charge in [0.1, 0.15) is 6.10 Å². The first-order chi connectivity index (χ1) is 9.79. The van der Waals surface area contributed by atoms with Gasteiger partial charge in [-0.15, -0.1) is 0 Å². The highest BCUT2D eigenvalue weighted by Gasteiger charge is 2.22. The number of rotatable bonds is 3. The summed E-state index contributed by atoms with van der Waals surface area (Å²) in [7, 11) is -3.90. The maximum atomic E-state index is 12.1. The zero-order chi connectivity index (χ0) is 15.6. The molecule has 0 atom stereocenters. The van der Waals surface area contributed by atoms with Gasteiger partial charge in [-0.05, 0) is 24.6 Å². The first-order valence-corrected chi connectivity index (χ1v) is 8.74. The van der Waals surface area contributed by atoms with Crippen LogP contribution in [0.3, 0.4) is 0 Å². The summed E-state index contributed by atoms with van der Waals surface area (Å²) in [6.07, 6.45) is 1.08. The molecule has 1 aliphatic rings. The van der Waals surface area contributed by atoms with Gasteiger partial charge in [0.2, 0.25) is 10.0 Å². The Morgan fingerprint density at radius 2 is 2.00 bits per heavy atom. The highest BCUT2D eigenvalue weighted by Crippen LogP contribution is 2.26. The second-order valence-corrected chi connectivity index (χ2v) is 7.23. The average Bonchev–Trinajstić information content (AvgIpc) is 2.41. The van der Waals surface area contributed by atoms with E-state index < -0.39 is 16.0 Å². The monoisotopic (exact) mass is 377 g/mol. The first-order valence-electron chi connectivity index (χ1n) is 6.40. The number of carbonyl (C=O) groups is 1. The highest BCUT2D eigenvalue weighted by molar-refractivity contribution is 9.10. The quantitative estimate of drug-likeness (QED) is 0.809. The van der Waals surface area contributed by atoms with Crippen LogP contribution in [0.2, 0.25) is 0 Å². The number of sulfonamides is 1. The average molecular weight is 378 g/mol. The van der Waals surface area contributed by atoms with Gasteiger partial charge >= 0.3 is 5.97 Å². The zero-order valence-corrected chi connectivity index (χ0v) is 13.9. The van der Waals surface area contributed by atoms with Crippen molar-refractivity contribution in [2.24, 2.45) is 5.14 Å². The minimum Gasteiger partial charge on any atom is -0.459 e. The van der Waals surface area contributed by atoms with E-state index in [0.717, 1.165) is 0 Å². The summed E-state index contributed by atoms with van der Waals surface area (Å²) in [5, 5.41) is 5.16. The standard InChI is InChI=1S/C13H16BrNO5S/c1-8-11(14)6-9(7-12(8)21(15,17)18)13(16)20-10-2-4-19-5-3-10/h6-7,10H,2-5H2,1H3,(H2,15,17,18). The predicted molar refractivity (Wildman–Crippen MR) is 79.5 cm³/mol. The van der Waals surface area contributed by atoms with Crippen LogP contribution in [0.1, 0.15) is 28.8 Å². The van der Waals surface area contributed by atoms with E-state index in [1.807, 2.05) is 0 Å². The van der Waals surface area contributed by atoms with Crippen molar-refractivity contribution in [1.29, 1.82) is 0 Å². The van der Waals surface area contributed by atoms with Gasteiger partial charge in [-0.25, -0.2) is 18.4 Å². The maximum absolute atomic E-state index is 12.1. The third-order valence-corrected chi connectivity index (χ3v) is 5.14. The molecule has 0 aliphatic carbocycles. The number of carbonyl (C=O) groups excluding carboxylic acids is 1. The number of benzene rings is 1. The number of nitrogens with two attached hydrogens (primary N) is 1. The van der Waals surface area contributed by atoms with Crippen LogP contribution < -0.4 is 5.14 Å². The third kappa shape index (κ3) is 4.03. The smallest absolute Gasteiger partial charge is 0.338 e. The van der Waals surface area contributed by atoms with Gasteiger partial charge < -0.3 is 9.47 Å². The fourth-order valence-electron chi connectivity index (χ4n) is 2.08. The van der Waals surface area contributed by atoms with E-state index in [1.54, 1.807) is 6.92 Å². The normalized spacial score (nSPS) is 16.7. The van der Waals surface area contributed by atoms with Crippen molar-refractivity contribution in [3.63, 3.8) is 0 Å². The summed E-state index contributed by atoms with van der Waals surface area (Å²) < 4.78 is 34.2. The Morgan fingerprint density at radius 3 is 2.57 bits per heavy atom. The van der Waals surface area contributed by atoms with E-state index in [4.69, 9.17) is 14.6 Å². The molecule has 116 valence electrons. The van der Waals surface area contributed by atoms with Crippen molar-refractivity contribution in [2.45, 2.75) is 30.8 Å². The van der Waals surface area contributed by atoms with Gasteiger partial charge in [0.15, 0.2) is 0 Å². The summed E-state index contributed by atoms with van der Waals surface area (Å²) in [4.78, 5) is 12.0. The molecule has 1 aromatic rings. The molecule has 1 aromatic carbocycles. The van der Waals surface area contributed by atoms with Gasteiger partial charge in [0.25, 0.3) is 0 Å². The summed E-state index contributed by atoms with van der Waals surface area (Å²) in [5.41, 5.74) is 0.614. The lowest BCUT2D eigenvalue weighted by Gasteiger charge is -2.22. The van der Waals surface area contributed by atoms with Crippen LogP contribution in [-0.2, 0) is 19.5 Å². The Morgan fingerprint density at radius 1 is 1.38 bits per heavy atom. The number of halogens is 1. The Bertz CT molecular complexity index is 653. The van der Waals surface area contributed by atoms with Crippen molar-refractivity contribution >= 4 is 31.9 Å². The molecule has 0 bridgehead atoms. The number of primary sulfonamides is 1. The predicted octanol–water partition coefficient (Wildman–Crippen LogP) is 1.74. The van der Waals surface area contributed by atoms with Crippen LogP contribution in [-0.4, -0.2) is 33.7 Å². The number of hydrogen-bond acceptors (Lipinski definition) is 5. The van der Waals surface area contributed by atoms with E-state index in [2.05, 4.69) is 15.9 Å². The molecule has 0 amide bonds. The number of ether oxygens (including phenoxy) is 2. The second kappa shape index (κ2) is 6.43. The van der Waals surface area contributed by atoms with Crippen LogP contribution in [0, 0.1) is 6.92 Å². The lowest BCUT2D eigenvalue weighted by atomic mass is 10.1. The summed E-state index contributed by atoms with van der Waals surface area (Å²) in [5.74, 6) is -0.562. The molecule has 6 nitrogen and oxygen atoms in total. The van der Waals surface area contributed by atoms with Crippen LogP contribution in [0.25, 0.3) is 0 Å². The van der Waals surface area contributed by atoms with Gasteiger partial charge in [0.05, 0.1) is 23.7 Å². The van der Waals surface area contributed by atoms with Crippen LogP contribution in [0.5, 0.6) is 0 Å². The fourth-order valence-corrected chi connectivity index (χ4v) is 3.50. The molecular formula is C13H16BrNO5S.